The van der Waals surface area contributed by atoms with Gasteiger partial charge in [-0.3, -0.25) is 4.79 Å². The van der Waals surface area contributed by atoms with Crippen LogP contribution in [0.15, 0.2) is 5.38 Å². The SMILES string of the molecule is Nc1nc(C(=O)NC2(CN3CCCCC3)CC2)cs1. The number of aromatic nitrogens is 1. The van der Waals surface area contributed by atoms with Crippen molar-refractivity contribution in [3.05, 3.63) is 11.1 Å². The largest absolute Gasteiger partial charge is 0.375 e. The van der Waals surface area contributed by atoms with Crippen LogP contribution in [0.1, 0.15) is 42.6 Å². The number of carbonyl (C=O) groups excluding carboxylic acids is 1. The molecule has 3 rings (SSSR count). The van der Waals surface area contributed by atoms with Gasteiger partial charge in [0.2, 0.25) is 0 Å². The summed E-state index contributed by atoms with van der Waals surface area (Å²) >= 11 is 1.31. The molecule has 1 aromatic rings. The summed E-state index contributed by atoms with van der Waals surface area (Å²) < 4.78 is 0. The number of nitrogen functional groups attached to an aromatic ring is 1. The predicted molar refractivity (Wildman–Crippen MR) is 76.2 cm³/mol. The van der Waals surface area contributed by atoms with Gasteiger partial charge in [0.25, 0.3) is 5.91 Å². The standard InChI is InChI=1S/C13H20N4OS/c14-12-15-10(8-19-12)11(18)16-13(4-5-13)9-17-6-2-1-3-7-17/h8H,1-7,9H2,(H2,14,15)(H,16,18). The summed E-state index contributed by atoms with van der Waals surface area (Å²) in [6, 6.07) is 0. The zero-order valence-corrected chi connectivity index (χ0v) is 11.8. The van der Waals surface area contributed by atoms with Gasteiger partial charge in [0.05, 0.1) is 5.54 Å². The molecule has 0 bridgehead atoms. The third-order valence-corrected chi connectivity index (χ3v) is 4.64. The van der Waals surface area contributed by atoms with Crippen molar-refractivity contribution in [3.8, 4) is 0 Å². The Balaban J connectivity index is 1.57. The Morgan fingerprint density at radius 1 is 1.42 bits per heavy atom. The van der Waals surface area contributed by atoms with Crippen molar-refractivity contribution in [3.63, 3.8) is 0 Å². The number of nitrogens with zero attached hydrogens (tertiary/aromatic N) is 2. The van der Waals surface area contributed by atoms with Gasteiger partial charge in [0.1, 0.15) is 5.69 Å². The number of carbonyl (C=O) groups is 1. The second-order valence-electron chi connectivity index (χ2n) is 5.64. The fourth-order valence-electron chi connectivity index (χ4n) is 2.72. The minimum Gasteiger partial charge on any atom is -0.375 e. The van der Waals surface area contributed by atoms with E-state index in [1.165, 1.54) is 43.7 Å². The van der Waals surface area contributed by atoms with Crippen molar-refractivity contribution in [2.45, 2.75) is 37.6 Å². The van der Waals surface area contributed by atoms with Gasteiger partial charge < -0.3 is 16.0 Å². The first kappa shape index (κ1) is 12.9. The first-order chi connectivity index (χ1) is 9.17. The van der Waals surface area contributed by atoms with Crippen LogP contribution in [0.5, 0.6) is 0 Å². The highest BCUT2D eigenvalue weighted by Crippen LogP contribution is 2.37. The number of nitrogens with one attached hydrogen (secondary N) is 1. The lowest BCUT2D eigenvalue weighted by Crippen LogP contribution is -2.47. The van der Waals surface area contributed by atoms with Gasteiger partial charge in [-0.2, -0.15) is 0 Å². The molecule has 1 aromatic heterocycles. The highest BCUT2D eigenvalue weighted by Gasteiger charge is 2.45. The maximum atomic E-state index is 12.1. The lowest BCUT2D eigenvalue weighted by Gasteiger charge is -2.30. The van der Waals surface area contributed by atoms with E-state index in [1.54, 1.807) is 5.38 Å². The zero-order valence-electron chi connectivity index (χ0n) is 11.0. The number of anilines is 1. The van der Waals surface area contributed by atoms with Gasteiger partial charge in [-0.15, -0.1) is 11.3 Å². The molecule has 0 spiro atoms. The van der Waals surface area contributed by atoms with Crippen LogP contribution in [0.25, 0.3) is 0 Å². The molecule has 1 amide bonds. The molecule has 1 saturated heterocycles. The predicted octanol–water partition coefficient (Wildman–Crippen LogP) is 1.47. The first-order valence-electron chi connectivity index (χ1n) is 6.93. The summed E-state index contributed by atoms with van der Waals surface area (Å²) in [6.07, 6.45) is 6.07. The van der Waals surface area contributed by atoms with Crippen molar-refractivity contribution >= 4 is 22.4 Å². The molecule has 1 aliphatic carbocycles. The Kier molecular flexibility index (Phi) is 3.45. The van der Waals surface area contributed by atoms with Gasteiger partial charge >= 0.3 is 0 Å². The van der Waals surface area contributed by atoms with Crippen molar-refractivity contribution in [1.29, 1.82) is 0 Å². The van der Waals surface area contributed by atoms with Crippen LogP contribution >= 0.6 is 11.3 Å². The van der Waals surface area contributed by atoms with Crippen LogP contribution in [-0.4, -0.2) is 41.0 Å². The minimum atomic E-state index is -0.0811. The number of hydrogen-bond acceptors (Lipinski definition) is 5. The van der Waals surface area contributed by atoms with E-state index >= 15 is 0 Å². The molecule has 1 aliphatic heterocycles. The molecule has 0 atom stereocenters. The van der Waals surface area contributed by atoms with E-state index in [2.05, 4.69) is 15.2 Å². The van der Waals surface area contributed by atoms with Gasteiger partial charge in [-0.25, -0.2) is 4.98 Å². The maximum absolute atomic E-state index is 12.1. The molecule has 2 fully saturated rings. The van der Waals surface area contributed by atoms with Gasteiger partial charge in [0, 0.05) is 11.9 Å². The lowest BCUT2D eigenvalue weighted by atomic mass is 10.1. The van der Waals surface area contributed by atoms with E-state index in [9.17, 15) is 4.79 Å². The number of hydrogen-bond donors (Lipinski definition) is 2. The van der Waals surface area contributed by atoms with Crippen molar-refractivity contribution in [2.24, 2.45) is 0 Å². The van der Waals surface area contributed by atoms with Crippen molar-refractivity contribution in [2.75, 3.05) is 25.4 Å². The van der Waals surface area contributed by atoms with Crippen LogP contribution in [0.2, 0.25) is 0 Å². The van der Waals surface area contributed by atoms with Gasteiger partial charge in [-0.1, -0.05) is 6.42 Å². The molecule has 2 aliphatic rings. The Morgan fingerprint density at radius 3 is 2.74 bits per heavy atom. The molecule has 0 aromatic carbocycles. The second-order valence-corrected chi connectivity index (χ2v) is 6.53. The third-order valence-electron chi connectivity index (χ3n) is 3.96. The Labute approximate surface area is 117 Å². The van der Waals surface area contributed by atoms with Crippen LogP contribution in [0, 0.1) is 0 Å². The van der Waals surface area contributed by atoms with Crippen LogP contribution in [0.3, 0.4) is 0 Å². The Morgan fingerprint density at radius 2 is 2.16 bits per heavy atom. The second kappa shape index (κ2) is 5.09. The molecule has 1 saturated carbocycles. The summed E-state index contributed by atoms with van der Waals surface area (Å²) in [7, 11) is 0. The summed E-state index contributed by atoms with van der Waals surface area (Å²) in [5, 5.41) is 5.33. The van der Waals surface area contributed by atoms with Gasteiger partial charge in [-0.05, 0) is 38.8 Å². The molecular weight excluding hydrogens is 260 g/mol. The monoisotopic (exact) mass is 280 g/mol. The molecule has 3 N–H and O–H groups in total. The summed E-state index contributed by atoms with van der Waals surface area (Å²) in [4.78, 5) is 18.6. The fraction of sp³-hybridized carbons (Fsp3) is 0.692. The van der Waals surface area contributed by atoms with E-state index in [1.807, 2.05) is 0 Å². The first-order valence-corrected chi connectivity index (χ1v) is 7.81. The number of piperidine rings is 1. The molecule has 2 heterocycles. The summed E-state index contributed by atoms with van der Waals surface area (Å²) in [5.41, 5.74) is 6.01. The topological polar surface area (TPSA) is 71.2 Å². The smallest absolute Gasteiger partial charge is 0.271 e. The Hall–Kier alpha value is -1.14. The van der Waals surface area contributed by atoms with Crippen LogP contribution in [0.4, 0.5) is 5.13 Å². The number of rotatable bonds is 4. The number of amides is 1. The highest BCUT2D eigenvalue weighted by atomic mass is 32.1. The number of nitrogens with two attached hydrogens (primary N) is 1. The number of likely N-dealkylation sites (tertiary alicyclic amines) is 1. The molecule has 6 heteroatoms. The molecular formula is C13H20N4OS. The molecule has 19 heavy (non-hydrogen) atoms. The normalized spacial score (nSPS) is 22.1. The third kappa shape index (κ3) is 3.06. The average molecular weight is 280 g/mol. The zero-order chi connectivity index (χ0) is 13.3. The molecule has 104 valence electrons. The fourth-order valence-corrected chi connectivity index (χ4v) is 3.26. The maximum Gasteiger partial charge on any atom is 0.271 e. The summed E-state index contributed by atoms with van der Waals surface area (Å²) in [6.45, 7) is 3.32. The minimum absolute atomic E-state index is 0.00714. The quantitative estimate of drug-likeness (QED) is 0.876. The number of thiazole rings is 1. The Bertz CT molecular complexity index is 463. The molecule has 5 nitrogen and oxygen atoms in total. The highest BCUT2D eigenvalue weighted by molar-refractivity contribution is 7.13. The van der Waals surface area contributed by atoms with Gasteiger partial charge in [0.15, 0.2) is 5.13 Å². The van der Waals surface area contributed by atoms with E-state index in [0.29, 0.717) is 10.8 Å². The van der Waals surface area contributed by atoms with E-state index in [4.69, 9.17) is 5.73 Å². The van der Waals surface area contributed by atoms with E-state index < -0.39 is 0 Å². The average Bonchev–Trinajstić information content (AvgIpc) is 2.99. The van der Waals surface area contributed by atoms with E-state index in [-0.39, 0.29) is 11.4 Å². The van der Waals surface area contributed by atoms with Crippen LogP contribution in [-0.2, 0) is 0 Å². The lowest BCUT2D eigenvalue weighted by molar-refractivity contribution is 0.0907. The van der Waals surface area contributed by atoms with E-state index in [0.717, 1.165) is 19.4 Å². The van der Waals surface area contributed by atoms with Crippen LogP contribution < -0.4 is 11.1 Å². The van der Waals surface area contributed by atoms with Crippen molar-refractivity contribution in [1.82, 2.24) is 15.2 Å². The molecule has 0 radical (unpaired) electrons. The summed E-state index contributed by atoms with van der Waals surface area (Å²) in [5.74, 6) is -0.0811. The van der Waals surface area contributed by atoms with Crippen molar-refractivity contribution < 1.29 is 4.79 Å². The molecule has 0 unspecified atom stereocenters.